The predicted octanol–water partition coefficient (Wildman–Crippen LogP) is 11.3. The van der Waals surface area contributed by atoms with Gasteiger partial charge >= 0.3 is 0 Å². The number of thiazole rings is 2. The Balaban J connectivity index is 1.19. The number of nitrogens with zero attached hydrogens (tertiary/aromatic N) is 6. The fraction of sp³-hybridized carbons (Fsp3) is 0.295. The molecule has 3 N–H and O–H groups in total. The van der Waals surface area contributed by atoms with Crippen LogP contribution in [0.2, 0.25) is 0 Å². The highest BCUT2D eigenvalue weighted by atomic mass is 32.2. The summed E-state index contributed by atoms with van der Waals surface area (Å²) in [5.74, 6) is 1.63. The van der Waals surface area contributed by atoms with E-state index in [9.17, 15) is 15.3 Å². The third-order valence-electron chi connectivity index (χ3n) is 9.12. The standard InChI is InChI=1S/C44H44N8OS6/c1-3-5-17-54-27-58-41-35(23-45)33(21-37(51-41)43-49-15-19-56-43)31-11-7-29(8-12-31)25-48-26-30-9-13-32(14-10-30)39-34(22-38(47)53)40(44-50-16-20-57-44)52-42(36(39)24-46)59-28-55-18-6-4-2/h7-16,19-21,48H,3-6,17-18,22,25-28H2,1-2H3,(H2,47,53). The molecule has 6 rings (SSSR count). The van der Waals surface area contributed by atoms with Gasteiger partial charge in [-0.25, -0.2) is 19.9 Å². The van der Waals surface area contributed by atoms with Gasteiger partial charge in [-0.1, -0.05) is 98.7 Å². The molecule has 0 saturated heterocycles. The van der Waals surface area contributed by atoms with E-state index in [1.807, 2.05) is 64.6 Å². The first kappa shape index (κ1) is 44.4. The fourth-order valence-corrected chi connectivity index (χ4v) is 11.8. The number of carbonyl (C=O) groups is 1. The van der Waals surface area contributed by atoms with E-state index >= 15 is 0 Å². The molecule has 59 heavy (non-hydrogen) atoms. The van der Waals surface area contributed by atoms with Crippen molar-refractivity contribution in [2.45, 2.75) is 69.1 Å². The third kappa shape index (κ3) is 12.0. The Bertz CT molecular complexity index is 2370. The first-order valence-electron chi connectivity index (χ1n) is 19.2. The summed E-state index contributed by atoms with van der Waals surface area (Å²) >= 11 is 9.85. The van der Waals surface area contributed by atoms with Crippen LogP contribution in [0, 0.1) is 22.7 Å². The molecule has 0 bridgehead atoms. The van der Waals surface area contributed by atoms with Gasteiger partial charge in [0, 0.05) is 57.5 Å². The third-order valence-corrected chi connectivity index (χ3v) is 15.3. The van der Waals surface area contributed by atoms with E-state index in [1.165, 1.54) is 17.8 Å². The molecule has 0 saturated carbocycles. The first-order valence-corrected chi connectivity index (χ1v) is 25.3. The molecule has 0 atom stereocenters. The lowest BCUT2D eigenvalue weighted by Crippen LogP contribution is -2.16. The molecule has 0 radical (unpaired) electrons. The summed E-state index contributed by atoms with van der Waals surface area (Å²) in [5, 5.41) is 32.7. The number of aromatic nitrogens is 4. The minimum Gasteiger partial charge on any atom is -0.369 e. The summed E-state index contributed by atoms with van der Waals surface area (Å²) in [4.78, 5) is 31.3. The number of nitrogens with one attached hydrogen (secondary N) is 1. The van der Waals surface area contributed by atoms with Crippen molar-refractivity contribution >= 4 is 75.6 Å². The van der Waals surface area contributed by atoms with Gasteiger partial charge in [-0.3, -0.25) is 4.79 Å². The molecule has 4 heterocycles. The number of carbonyl (C=O) groups excluding carboxylic acids is 1. The van der Waals surface area contributed by atoms with Crippen LogP contribution in [-0.4, -0.2) is 47.5 Å². The van der Waals surface area contributed by atoms with E-state index in [1.54, 1.807) is 47.3 Å². The summed E-state index contributed by atoms with van der Waals surface area (Å²) in [6, 6.07) is 23.3. The van der Waals surface area contributed by atoms with Crippen LogP contribution < -0.4 is 11.1 Å². The van der Waals surface area contributed by atoms with Gasteiger partial charge in [0.05, 0.1) is 17.5 Å². The summed E-state index contributed by atoms with van der Waals surface area (Å²) in [6.45, 7) is 5.63. The largest absolute Gasteiger partial charge is 0.369 e. The Morgan fingerprint density at radius 2 is 1.32 bits per heavy atom. The molecule has 0 aliphatic carbocycles. The summed E-state index contributed by atoms with van der Waals surface area (Å²) in [6.07, 6.45) is 8.04. The highest BCUT2D eigenvalue weighted by Crippen LogP contribution is 2.40. The van der Waals surface area contributed by atoms with Crippen LogP contribution in [0.1, 0.15) is 67.3 Å². The Morgan fingerprint density at radius 1 is 0.763 bits per heavy atom. The van der Waals surface area contributed by atoms with Gasteiger partial charge in [0.1, 0.15) is 43.6 Å². The van der Waals surface area contributed by atoms with Crippen molar-refractivity contribution in [3.05, 3.63) is 106 Å². The molecule has 0 unspecified atom stereocenters. The zero-order chi connectivity index (χ0) is 41.4. The molecule has 0 aliphatic heterocycles. The Hall–Kier alpha value is -4.19. The highest BCUT2D eigenvalue weighted by Gasteiger charge is 2.25. The van der Waals surface area contributed by atoms with Crippen molar-refractivity contribution in [2.24, 2.45) is 5.73 Å². The van der Waals surface area contributed by atoms with Crippen molar-refractivity contribution in [3.63, 3.8) is 0 Å². The SMILES string of the molecule is CCCCSCSc1nc(-c2nccs2)cc(-c2ccc(CNCc3ccc(-c4c(C#N)c(SCSCCCC)nc(-c5nccs5)c4CC(N)=O)cc3)cc2)c1C#N. The van der Waals surface area contributed by atoms with Crippen LogP contribution in [0.5, 0.6) is 0 Å². The van der Waals surface area contributed by atoms with Gasteiger partial charge in [0.25, 0.3) is 0 Å². The fourth-order valence-electron chi connectivity index (χ4n) is 6.16. The molecule has 0 fully saturated rings. The lowest BCUT2D eigenvalue weighted by atomic mass is 9.92. The zero-order valence-corrected chi connectivity index (χ0v) is 37.8. The van der Waals surface area contributed by atoms with Crippen molar-refractivity contribution < 1.29 is 4.79 Å². The maximum atomic E-state index is 12.4. The lowest BCUT2D eigenvalue weighted by Gasteiger charge is -2.18. The smallest absolute Gasteiger partial charge is 0.221 e. The topological polar surface area (TPSA) is 154 Å². The van der Waals surface area contributed by atoms with E-state index in [0.29, 0.717) is 51.1 Å². The number of rotatable bonds is 22. The number of nitriles is 2. The first-order chi connectivity index (χ1) is 28.9. The molecule has 6 aromatic rings. The van der Waals surface area contributed by atoms with Crippen molar-refractivity contribution in [1.82, 2.24) is 25.3 Å². The van der Waals surface area contributed by atoms with Crippen LogP contribution in [0.3, 0.4) is 0 Å². The number of benzene rings is 2. The van der Waals surface area contributed by atoms with Crippen LogP contribution in [-0.2, 0) is 24.3 Å². The number of hydrogen-bond donors (Lipinski definition) is 2. The average Bonchev–Trinajstić information content (AvgIpc) is 4.00. The lowest BCUT2D eigenvalue weighted by molar-refractivity contribution is -0.117. The maximum Gasteiger partial charge on any atom is 0.221 e. The second-order valence-corrected chi connectivity index (χ2v) is 20.0. The molecule has 0 aliphatic rings. The Kier molecular flexibility index (Phi) is 17.3. The molecule has 4 aromatic heterocycles. The minimum absolute atomic E-state index is 0.0609. The van der Waals surface area contributed by atoms with E-state index in [4.69, 9.17) is 15.7 Å². The van der Waals surface area contributed by atoms with Gasteiger partial charge in [-0.15, -0.1) is 22.7 Å². The molecular weight excluding hydrogens is 849 g/mol. The second-order valence-electron chi connectivity index (χ2n) is 13.3. The molecule has 15 heteroatoms. The summed E-state index contributed by atoms with van der Waals surface area (Å²) in [7, 11) is 0. The van der Waals surface area contributed by atoms with Gasteiger partial charge < -0.3 is 11.1 Å². The van der Waals surface area contributed by atoms with Crippen LogP contribution >= 0.6 is 69.7 Å². The van der Waals surface area contributed by atoms with Gasteiger partial charge in [0.2, 0.25) is 5.91 Å². The molecule has 9 nitrogen and oxygen atoms in total. The molecule has 1 amide bonds. The number of nitrogens with two attached hydrogens (primary N) is 1. The molecule has 302 valence electrons. The zero-order valence-electron chi connectivity index (χ0n) is 32.9. The number of thioether (sulfide) groups is 4. The van der Waals surface area contributed by atoms with Crippen LogP contribution in [0.25, 0.3) is 43.7 Å². The second kappa shape index (κ2) is 23.0. The quantitative estimate of drug-likeness (QED) is 0.0379. The van der Waals surface area contributed by atoms with Gasteiger partial charge in [-0.05, 0) is 58.2 Å². The summed E-state index contributed by atoms with van der Waals surface area (Å²) < 4.78 is 0. The van der Waals surface area contributed by atoms with Crippen molar-refractivity contribution in [3.8, 4) is 55.8 Å². The molecule has 2 aromatic carbocycles. The van der Waals surface area contributed by atoms with Crippen LogP contribution in [0.15, 0.2) is 87.8 Å². The van der Waals surface area contributed by atoms with Crippen molar-refractivity contribution in [2.75, 3.05) is 21.7 Å². The van der Waals surface area contributed by atoms with E-state index in [2.05, 4.69) is 65.5 Å². The van der Waals surface area contributed by atoms with Gasteiger partial charge in [-0.2, -0.15) is 34.0 Å². The average molecular weight is 893 g/mol. The van der Waals surface area contributed by atoms with E-state index in [0.717, 1.165) is 84.5 Å². The van der Waals surface area contributed by atoms with Crippen LogP contribution in [0.4, 0.5) is 0 Å². The summed E-state index contributed by atoms with van der Waals surface area (Å²) in [5.41, 5.74) is 14.3. The Labute approximate surface area is 371 Å². The highest BCUT2D eigenvalue weighted by molar-refractivity contribution is 8.16. The molecule has 0 spiro atoms. The number of amides is 1. The van der Waals surface area contributed by atoms with E-state index < -0.39 is 5.91 Å². The van der Waals surface area contributed by atoms with Crippen molar-refractivity contribution in [1.29, 1.82) is 10.5 Å². The minimum atomic E-state index is -0.498. The van der Waals surface area contributed by atoms with E-state index in [-0.39, 0.29) is 6.42 Å². The normalized spacial score (nSPS) is 11.1. The van der Waals surface area contributed by atoms with Gasteiger partial charge in [0.15, 0.2) is 0 Å². The monoisotopic (exact) mass is 892 g/mol. The Morgan fingerprint density at radius 3 is 1.85 bits per heavy atom. The maximum absolute atomic E-state index is 12.4. The number of unbranched alkanes of at least 4 members (excludes halogenated alkanes) is 2. The number of pyridine rings is 2. The number of primary amides is 1. The number of hydrogen-bond acceptors (Lipinski definition) is 14. The molecular formula is C44H44N8OS6. The predicted molar refractivity (Wildman–Crippen MR) is 251 cm³/mol.